The van der Waals surface area contributed by atoms with Crippen LogP contribution in [-0.2, 0) is 10.2 Å². The number of aromatic hydroxyl groups is 1. The maximum Gasteiger partial charge on any atom is 0.514 e. The predicted octanol–water partition coefficient (Wildman–Crippen LogP) is 4.08. The van der Waals surface area contributed by atoms with Crippen molar-refractivity contribution in [2.24, 2.45) is 0 Å². The normalized spacial score (nSPS) is 11.5. The van der Waals surface area contributed by atoms with Crippen LogP contribution in [0.3, 0.4) is 0 Å². The zero-order chi connectivity index (χ0) is 16.5. The minimum atomic E-state index is -0.853. The van der Waals surface area contributed by atoms with Gasteiger partial charge in [-0.3, -0.25) is 0 Å². The van der Waals surface area contributed by atoms with Crippen molar-refractivity contribution in [2.75, 3.05) is 6.61 Å². The number of ether oxygens (including phenoxy) is 2. The Morgan fingerprint density at radius 3 is 2.59 bits per heavy atom. The fourth-order valence-corrected chi connectivity index (χ4v) is 2.22. The summed E-state index contributed by atoms with van der Waals surface area (Å²) < 4.78 is 9.78. The predicted molar refractivity (Wildman–Crippen MR) is 84.5 cm³/mol. The van der Waals surface area contributed by atoms with Gasteiger partial charge < -0.3 is 14.6 Å². The van der Waals surface area contributed by atoms with E-state index in [2.05, 4.69) is 25.8 Å². The molecule has 22 heavy (non-hydrogen) atoms. The van der Waals surface area contributed by atoms with E-state index in [4.69, 9.17) is 9.47 Å². The number of nitrogens with zero attached hydrogens (tertiary/aromatic N) is 1. The molecule has 5 nitrogen and oxygen atoms in total. The van der Waals surface area contributed by atoms with Crippen molar-refractivity contribution in [3.8, 4) is 11.6 Å². The van der Waals surface area contributed by atoms with Gasteiger partial charge in [-0.25, -0.2) is 9.78 Å². The van der Waals surface area contributed by atoms with Gasteiger partial charge in [0.2, 0.25) is 0 Å². The van der Waals surface area contributed by atoms with Gasteiger partial charge in [-0.15, -0.1) is 0 Å². The first kappa shape index (κ1) is 16.1. The molecule has 2 aromatic rings. The van der Waals surface area contributed by atoms with Gasteiger partial charge in [-0.2, -0.15) is 0 Å². The van der Waals surface area contributed by atoms with Crippen molar-refractivity contribution in [2.45, 2.75) is 40.0 Å². The minimum Gasteiger partial charge on any atom is -0.491 e. The summed E-state index contributed by atoms with van der Waals surface area (Å²) in [5, 5.41) is 10.9. The highest BCUT2D eigenvalue weighted by Gasteiger charge is 2.19. The van der Waals surface area contributed by atoms with Gasteiger partial charge in [0.1, 0.15) is 0 Å². The van der Waals surface area contributed by atoms with Crippen LogP contribution in [0.5, 0.6) is 11.6 Å². The number of benzene rings is 1. The van der Waals surface area contributed by atoms with E-state index in [1.165, 1.54) is 0 Å². The zero-order valence-corrected chi connectivity index (χ0v) is 13.6. The lowest BCUT2D eigenvalue weighted by atomic mass is 9.86. The molecule has 0 aliphatic heterocycles. The number of hydrogen-bond donors (Lipinski definition) is 1. The van der Waals surface area contributed by atoms with Gasteiger partial charge in [-0.1, -0.05) is 32.9 Å². The second-order valence-corrected chi connectivity index (χ2v) is 6.16. The van der Waals surface area contributed by atoms with Crippen LogP contribution in [0.2, 0.25) is 0 Å². The fraction of sp³-hybridized carbons (Fsp3) is 0.412. The average Bonchev–Trinajstić information content (AvgIpc) is 2.42. The van der Waals surface area contributed by atoms with Crippen molar-refractivity contribution < 1.29 is 19.4 Å². The molecule has 1 aromatic heterocycles. The molecule has 0 fully saturated rings. The second-order valence-electron chi connectivity index (χ2n) is 6.16. The lowest BCUT2D eigenvalue weighted by molar-refractivity contribution is 0.102. The van der Waals surface area contributed by atoms with Gasteiger partial charge in [0.25, 0.3) is 5.88 Å². The first-order chi connectivity index (χ1) is 10.2. The van der Waals surface area contributed by atoms with E-state index in [0.29, 0.717) is 11.1 Å². The molecule has 2 rings (SSSR count). The first-order valence-electron chi connectivity index (χ1n) is 7.22. The Balaban J connectivity index is 2.52. The second kappa shape index (κ2) is 5.83. The molecule has 0 amide bonds. The maximum absolute atomic E-state index is 11.5. The van der Waals surface area contributed by atoms with E-state index in [1.54, 1.807) is 13.8 Å². The smallest absolute Gasteiger partial charge is 0.491 e. The Hall–Kier alpha value is -2.30. The molecule has 1 N–H and O–H groups in total. The molecule has 0 aliphatic carbocycles. The summed E-state index contributed by atoms with van der Waals surface area (Å²) in [4.78, 5) is 15.6. The van der Waals surface area contributed by atoms with E-state index < -0.39 is 6.16 Å². The van der Waals surface area contributed by atoms with E-state index in [1.807, 2.05) is 18.2 Å². The SMILES string of the molecule is CCOC(=O)Oc1c(O)nc2cc(C(C)(C)C)ccc2c1C. The van der Waals surface area contributed by atoms with Gasteiger partial charge >= 0.3 is 6.16 Å². The number of hydrogen-bond acceptors (Lipinski definition) is 5. The van der Waals surface area contributed by atoms with Gasteiger partial charge in [-0.05, 0) is 30.9 Å². The molecule has 0 saturated heterocycles. The third-order valence-corrected chi connectivity index (χ3v) is 3.49. The minimum absolute atomic E-state index is 0.0144. The number of fused-ring (bicyclic) bond motifs is 1. The largest absolute Gasteiger partial charge is 0.514 e. The molecule has 118 valence electrons. The lowest BCUT2D eigenvalue weighted by Crippen LogP contribution is -2.12. The molecule has 1 heterocycles. The Bertz CT molecular complexity index is 717. The van der Waals surface area contributed by atoms with Crippen molar-refractivity contribution in [3.63, 3.8) is 0 Å². The maximum atomic E-state index is 11.5. The number of aromatic nitrogens is 1. The van der Waals surface area contributed by atoms with Crippen LogP contribution in [-0.4, -0.2) is 22.9 Å². The molecular weight excluding hydrogens is 282 g/mol. The molecule has 0 atom stereocenters. The highest BCUT2D eigenvalue weighted by molar-refractivity contribution is 5.87. The highest BCUT2D eigenvalue weighted by Crippen LogP contribution is 2.35. The van der Waals surface area contributed by atoms with Crippen molar-refractivity contribution in [3.05, 3.63) is 29.3 Å². The standard InChI is InChI=1S/C17H21NO4/c1-6-21-16(20)22-14-10(2)12-8-7-11(17(3,4)5)9-13(12)18-15(14)19/h7-9H,6H2,1-5H3,(H,18,19). The number of carbonyl (C=O) groups excluding carboxylic acids is 1. The van der Waals surface area contributed by atoms with Gasteiger partial charge in [0.05, 0.1) is 12.1 Å². The average molecular weight is 303 g/mol. The van der Waals surface area contributed by atoms with Crippen molar-refractivity contribution in [1.82, 2.24) is 4.98 Å². The summed E-state index contributed by atoms with van der Waals surface area (Å²) >= 11 is 0. The Labute approximate surface area is 129 Å². The van der Waals surface area contributed by atoms with Crippen LogP contribution < -0.4 is 4.74 Å². The van der Waals surface area contributed by atoms with Gasteiger partial charge in [0, 0.05) is 10.9 Å². The molecule has 0 unspecified atom stereocenters. The molecule has 0 bridgehead atoms. The summed E-state index contributed by atoms with van der Waals surface area (Å²) in [6.45, 7) is 9.99. The lowest BCUT2D eigenvalue weighted by Gasteiger charge is -2.20. The number of pyridine rings is 1. The molecular formula is C17H21NO4. The highest BCUT2D eigenvalue weighted by atomic mass is 16.7. The molecule has 0 saturated carbocycles. The fourth-order valence-electron chi connectivity index (χ4n) is 2.22. The molecule has 5 heteroatoms. The van der Waals surface area contributed by atoms with Crippen molar-refractivity contribution in [1.29, 1.82) is 0 Å². The third kappa shape index (κ3) is 3.13. The Kier molecular flexibility index (Phi) is 4.26. The number of aryl methyl sites for hydroxylation is 1. The summed E-state index contributed by atoms with van der Waals surface area (Å²) in [6.07, 6.45) is -0.853. The topological polar surface area (TPSA) is 68.7 Å². The summed E-state index contributed by atoms with van der Waals surface area (Å²) in [6, 6.07) is 5.88. The van der Waals surface area contributed by atoms with Crippen LogP contribution in [0.1, 0.15) is 38.8 Å². The van der Waals surface area contributed by atoms with Crippen molar-refractivity contribution >= 4 is 17.1 Å². The van der Waals surface area contributed by atoms with E-state index >= 15 is 0 Å². The Morgan fingerprint density at radius 1 is 1.32 bits per heavy atom. The number of carbonyl (C=O) groups is 1. The van der Waals surface area contributed by atoms with Gasteiger partial charge in [0.15, 0.2) is 5.75 Å². The third-order valence-electron chi connectivity index (χ3n) is 3.49. The monoisotopic (exact) mass is 303 g/mol. The quantitative estimate of drug-likeness (QED) is 0.846. The summed E-state index contributed by atoms with van der Waals surface area (Å²) in [5.41, 5.74) is 2.42. The van der Waals surface area contributed by atoms with E-state index in [-0.39, 0.29) is 23.7 Å². The zero-order valence-electron chi connectivity index (χ0n) is 13.6. The Morgan fingerprint density at radius 2 is 2.00 bits per heavy atom. The van der Waals surface area contributed by atoms with Crippen LogP contribution in [0.4, 0.5) is 4.79 Å². The summed E-state index contributed by atoms with van der Waals surface area (Å²) in [7, 11) is 0. The van der Waals surface area contributed by atoms with Crippen LogP contribution >= 0.6 is 0 Å². The molecule has 0 spiro atoms. The van der Waals surface area contributed by atoms with E-state index in [9.17, 15) is 9.90 Å². The molecule has 0 radical (unpaired) electrons. The van der Waals surface area contributed by atoms with Crippen LogP contribution in [0, 0.1) is 6.92 Å². The van der Waals surface area contributed by atoms with Crippen LogP contribution in [0.25, 0.3) is 10.9 Å². The summed E-state index contributed by atoms with van der Waals surface area (Å²) in [5.74, 6) is -0.279. The van der Waals surface area contributed by atoms with E-state index in [0.717, 1.165) is 10.9 Å². The molecule has 1 aromatic carbocycles. The molecule has 0 aliphatic rings. The number of rotatable bonds is 2. The first-order valence-corrected chi connectivity index (χ1v) is 7.22. The van der Waals surface area contributed by atoms with Crippen LogP contribution in [0.15, 0.2) is 18.2 Å².